The molecule has 0 spiro atoms. The van der Waals surface area contributed by atoms with Crippen molar-refractivity contribution in [3.8, 4) is 17.6 Å². The molecule has 0 bridgehead atoms. The van der Waals surface area contributed by atoms with E-state index in [1.165, 1.54) is 12.1 Å². The van der Waals surface area contributed by atoms with Crippen LogP contribution in [-0.4, -0.2) is 4.92 Å². The molecule has 0 aliphatic carbocycles. The maximum absolute atomic E-state index is 11.1. The summed E-state index contributed by atoms with van der Waals surface area (Å²) in [5.74, 6) is 0.369. The molecule has 2 aromatic rings. The summed E-state index contributed by atoms with van der Waals surface area (Å²) in [7, 11) is 0. The van der Waals surface area contributed by atoms with E-state index in [-0.39, 0.29) is 23.5 Å². The molecule has 0 saturated heterocycles. The predicted octanol–water partition coefficient (Wildman–Crippen LogP) is 3.37. The highest BCUT2D eigenvalue weighted by Gasteiger charge is 2.18. The Kier molecular flexibility index (Phi) is 4.38. The van der Waals surface area contributed by atoms with Crippen molar-refractivity contribution in [1.29, 1.82) is 5.26 Å². The molecule has 0 saturated carbocycles. The Bertz CT molecular complexity index is 741. The molecule has 0 fully saturated rings. The minimum atomic E-state index is -0.608. The number of nitro groups is 1. The fourth-order valence-electron chi connectivity index (χ4n) is 1.77. The van der Waals surface area contributed by atoms with E-state index < -0.39 is 4.92 Å². The highest BCUT2D eigenvalue weighted by atomic mass is 35.5. The van der Waals surface area contributed by atoms with E-state index >= 15 is 0 Å². The van der Waals surface area contributed by atoms with Gasteiger partial charge in [-0.25, -0.2) is 0 Å². The Morgan fingerprint density at radius 1 is 1.33 bits per heavy atom. The smallest absolute Gasteiger partial charge is 0.312 e. The topological polar surface area (TPSA) is 102 Å². The Hall–Kier alpha value is -2.62. The van der Waals surface area contributed by atoms with Gasteiger partial charge >= 0.3 is 5.69 Å². The molecule has 0 aromatic heterocycles. The van der Waals surface area contributed by atoms with Crippen LogP contribution < -0.4 is 10.5 Å². The largest absolute Gasteiger partial charge is 0.450 e. The molecule has 0 aliphatic heterocycles. The Morgan fingerprint density at radius 2 is 2.10 bits per heavy atom. The highest BCUT2D eigenvalue weighted by Crippen LogP contribution is 2.35. The van der Waals surface area contributed by atoms with E-state index in [0.717, 1.165) is 6.07 Å². The van der Waals surface area contributed by atoms with E-state index in [0.29, 0.717) is 16.3 Å². The summed E-state index contributed by atoms with van der Waals surface area (Å²) in [6, 6.07) is 10.7. The normalized spacial score (nSPS) is 9.95. The van der Waals surface area contributed by atoms with Crippen molar-refractivity contribution in [2.45, 2.75) is 6.54 Å². The number of rotatable bonds is 4. The predicted molar refractivity (Wildman–Crippen MR) is 77.2 cm³/mol. The minimum Gasteiger partial charge on any atom is -0.450 e. The number of hydrogen-bond donors (Lipinski definition) is 1. The molecule has 7 heteroatoms. The van der Waals surface area contributed by atoms with Gasteiger partial charge in [0.05, 0.1) is 16.6 Å². The standard InChI is InChI=1S/C14H10ClN3O3/c15-11-2-1-3-13(10(11)8-17)21-14-5-4-9(7-16)6-12(14)18(19)20/h1-6H,8,17H2. The lowest BCUT2D eigenvalue weighted by Crippen LogP contribution is -2.01. The van der Waals surface area contributed by atoms with Crippen molar-refractivity contribution in [2.75, 3.05) is 0 Å². The van der Waals surface area contributed by atoms with Gasteiger partial charge in [0.15, 0.2) is 0 Å². The van der Waals surface area contributed by atoms with Crippen LogP contribution in [0.2, 0.25) is 5.02 Å². The van der Waals surface area contributed by atoms with Crippen LogP contribution >= 0.6 is 11.6 Å². The molecule has 2 rings (SSSR count). The van der Waals surface area contributed by atoms with Gasteiger partial charge in [-0.2, -0.15) is 5.26 Å². The molecule has 21 heavy (non-hydrogen) atoms. The second-order valence-electron chi connectivity index (χ2n) is 4.07. The summed E-state index contributed by atoms with van der Waals surface area (Å²) in [5.41, 5.74) is 6.05. The first-order valence-electron chi connectivity index (χ1n) is 5.90. The summed E-state index contributed by atoms with van der Waals surface area (Å²) in [4.78, 5) is 10.5. The molecule has 6 nitrogen and oxygen atoms in total. The number of nitro benzene ring substituents is 1. The summed E-state index contributed by atoms with van der Waals surface area (Å²) in [6.07, 6.45) is 0. The molecule has 0 heterocycles. The van der Waals surface area contributed by atoms with Crippen LogP contribution in [0.15, 0.2) is 36.4 Å². The van der Waals surface area contributed by atoms with Crippen LogP contribution in [0.3, 0.4) is 0 Å². The van der Waals surface area contributed by atoms with Crippen LogP contribution in [-0.2, 0) is 6.54 Å². The zero-order chi connectivity index (χ0) is 15.4. The molecule has 2 N–H and O–H groups in total. The van der Waals surface area contributed by atoms with Crippen molar-refractivity contribution < 1.29 is 9.66 Å². The average Bonchev–Trinajstić information content (AvgIpc) is 2.47. The van der Waals surface area contributed by atoms with Gasteiger partial charge in [0.25, 0.3) is 0 Å². The van der Waals surface area contributed by atoms with Crippen molar-refractivity contribution in [2.24, 2.45) is 5.73 Å². The third kappa shape index (κ3) is 3.11. The van der Waals surface area contributed by atoms with Gasteiger partial charge in [0.2, 0.25) is 5.75 Å². The lowest BCUT2D eigenvalue weighted by atomic mass is 10.2. The van der Waals surface area contributed by atoms with Gasteiger partial charge in [-0.1, -0.05) is 17.7 Å². The van der Waals surface area contributed by atoms with Crippen LogP contribution in [0.5, 0.6) is 11.5 Å². The molecule has 106 valence electrons. The molecule has 0 atom stereocenters. The van der Waals surface area contributed by atoms with E-state index in [9.17, 15) is 10.1 Å². The lowest BCUT2D eigenvalue weighted by Gasteiger charge is -2.11. The molecule has 2 aromatic carbocycles. The quantitative estimate of drug-likeness (QED) is 0.689. The second kappa shape index (κ2) is 6.22. The summed E-state index contributed by atoms with van der Waals surface area (Å²) < 4.78 is 5.56. The van der Waals surface area contributed by atoms with Gasteiger partial charge in [0.1, 0.15) is 5.75 Å². The fourth-order valence-corrected chi connectivity index (χ4v) is 2.01. The first-order valence-corrected chi connectivity index (χ1v) is 6.28. The van der Waals surface area contributed by atoms with Gasteiger partial charge in [0, 0.05) is 23.2 Å². The Labute approximate surface area is 125 Å². The van der Waals surface area contributed by atoms with Gasteiger partial charge in [-0.05, 0) is 24.3 Å². The zero-order valence-electron chi connectivity index (χ0n) is 10.7. The fraction of sp³-hybridized carbons (Fsp3) is 0.0714. The first-order chi connectivity index (χ1) is 10.1. The summed E-state index contributed by atoms with van der Waals surface area (Å²) in [5, 5.41) is 20.3. The second-order valence-corrected chi connectivity index (χ2v) is 4.48. The number of nitriles is 1. The molecular weight excluding hydrogens is 294 g/mol. The number of nitrogens with two attached hydrogens (primary N) is 1. The van der Waals surface area contributed by atoms with Crippen molar-refractivity contribution in [3.05, 3.63) is 62.7 Å². The van der Waals surface area contributed by atoms with Crippen molar-refractivity contribution in [1.82, 2.24) is 0 Å². The van der Waals surface area contributed by atoms with E-state index in [2.05, 4.69) is 0 Å². The van der Waals surface area contributed by atoms with E-state index in [1.54, 1.807) is 18.2 Å². The van der Waals surface area contributed by atoms with Crippen LogP contribution in [0.1, 0.15) is 11.1 Å². The monoisotopic (exact) mass is 303 g/mol. The summed E-state index contributed by atoms with van der Waals surface area (Å²) >= 11 is 6.01. The summed E-state index contributed by atoms with van der Waals surface area (Å²) in [6.45, 7) is 0.138. The third-order valence-electron chi connectivity index (χ3n) is 2.78. The molecule has 0 amide bonds. The SMILES string of the molecule is N#Cc1ccc(Oc2cccc(Cl)c2CN)c([N+](=O)[O-])c1. The highest BCUT2D eigenvalue weighted by molar-refractivity contribution is 6.31. The number of nitrogens with zero attached hydrogens (tertiary/aromatic N) is 2. The number of ether oxygens (including phenoxy) is 1. The Morgan fingerprint density at radius 3 is 2.71 bits per heavy atom. The molecule has 0 aliphatic rings. The van der Waals surface area contributed by atoms with Crippen LogP contribution in [0, 0.1) is 21.4 Å². The van der Waals surface area contributed by atoms with E-state index in [1.807, 2.05) is 6.07 Å². The van der Waals surface area contributed by atoms with Gasteiger partial charge in [-0.15, -0.1) is 0 Å². The average molecular weight is 304 g/mol. The number of benzene rings is 2. The van der Waals surface area contributed by atoms with Crippen molar-refractivity contribution >= 4 is 17.3 Å². The Balaban J connectivity index is 2.47. The van der Waals surface area contributed by atoms with Crippen LogP contribution in [0.4, 0.5) is 5.69 Å². The zero-order valence-corrected chi connectivity index (χ0v) is 11.5. The van der Waals surface area contributed by atoms with Gasteiger partial charge in [-0.3, -0.25) is 10.1 Å². The first kappa shape index (κ1) is 14.8. The maximum atomic E-state index is 11.1. The lowest BCUT2D eigenvalue weighted by molar-refractivity contribution is -0.385. The number of halogens is 1. The molecule has 0 radical (unpaired) electrons. The minimum absolute atomic E-state index is 0.0240. The molecule has 0 unspecified atom stereocenters. The van der Waals surface area contributed by atoms with Gasteiger partial charge < -0.3 is 10.5 Å². The van der Waals surface area contributed by atoms with Crippen molar-refractivity contribution in [3.63, 3.8) is 0 Å². The van der Waals surface area contributed by atoms with E-state index in [4.69, 9.17) is 27.3 Å². The maximum Gasteiger partial charge on any atom is 0.312 e. The molecular formula is C14H10ClN3O3. The third-order valence-corrected chi connectivity index (χ3v) is 3.14. The van der Waals surface area contributed by atoms with Crippen LogP contribution in [0.25, 0.3) is 0 Å². The number of hydrogen-bond acceptors (Lipinski definition) is 5.